The number of oxime groups is 1. The molecule has 1 aliphatic heterocycles. The van der Waals surface area contributed by atoms with Crippen LogP contribution in [0.3, 0.4) is 0 Å². The number of carbonyl (C=O) groups is 1. The van der Waals surface area contributed by atoms with Gasteiger partial charge in [-0.05, 0) is 85.4 Å². The van der Waals surface area contributed by atoms with E-state index in [4.69, 9.17) is 28.9 Å². The van der Waals surface area contributed by atoms with E-state index >= 15 is 0 Å². The van der Waals surface area contributed by atoms with Gasteiger partial charge in [-0.15, -0.1) is 18.3 Å². The fraction of sp³-hybridized carbons (Fsp3) is 0.489. The monoisotopic (exact) mass is 812 g/mol. The Kier molecular flexibility index (Phi) is 16.2. The molecule has 0 bridgehead atoms. The predicted molar refractivity (Wildman–Crippen MR) is 228 cm³/mol. The van der Waals surface area contributed by atoms with E-state index in [9.17, 15) is 15.0 Å². The Morgan fingerprint density at radius 2 is 1.76 bits per heavy atom. The zero-order chi connectivity index (χ0) is 40.7. The molecule has 6 rings (SSSR count). The molecule has 6 atom stereocenters. The Bertz CT molecular complexity index is 1820. The Hall–Kier alpha value is -4.29. The third kappa shape index (κ3) is 10.1. The first-order valence-corrected chi connectivity index (χ1v) is 21.9. The van der Waals surface area contributed by atoms with E-state index < -0.39 is 23.8 Å². The van der Waals surface area contributed by atoms with Gasteiger partial charge in [0.25, 0.3) is 0 Å². The van der Waals surface area contributed by atoms with Gasteiger partial charge in [0.1, 0.15) is 24.1 Å². The number of benzene rings is 3. The van der Waals surface area contributed by atoms with Gasteiger partial charge in [0.05, 0.1) is 32.0 Å². The number of carbonyl (C=O) groups excluding carboxylic acids is 1. The van der Waals surface area contributed by atoms with Crippen LogP contribution >= 0.6 is 11.8 Å². The summed E-state index contributed by atoms with van der Waals surface area (Å²) in [6.45, 7) is 7.72. The largest absolute Gasteiger partial charge is 0.493 e. The summed E-state index contributed by atoms with van der Waals surface area (Å²) in [5.41, 5.74) is 3.75. The number of ether oxygens (including phenoxy) is 4. The van der Waals surface area contributed by atoms with Gasteiger partial charge in [-0.3, -0.25) is 4.90 Å². The summed E-state index contributed by atoms with van der Waals surface area (Å²) in [7, 11) is 1.41. The van der Waals surface area contributed by atoms with Crippen LogP contribution in [0.2, 0.25) is 0 Å². The number of nitrogens with zero attached hydrogens (tertiary/aromatic N) is 2. The summed E-state index contributed by atoms with van der Waals surface area (Å²) < 4.78 is 26.2. The van der Waals surface area contributed by atoms with Crippen molar-refractivity contribution in [2.45, 2.75) is 87.5 Å². The molecule has 2 N–H and O–H groups in total. The number of methoxy groups -OCH3 is 1. The summed E-state index contributed by atoms with van der Waals surface area (Å²) in [5, 5.41) is 24.7. The van der Waals surface area contributed by atoms with Crippen molar-refractivity contribution in [2.75, 3.05) is 45.8 Å². The molecule has 3 aromatic rings. The molecule has 0 radical (unpaired) electrons. The van der Waals surface area contributed by atoms with Crippen molar-refractivity contribution >= 4 is 23.6 Å². The molecular weight excluding hydrogens is 753 g/mol. The summed E-state index contributed by atoms with van der Waals surface area (Å²) in [5.74, 6) is 0.588. The highest BCUT2D eigenvalue weighted by atomic mass is 32.2. The lowest BCUT2D eigenvalue weighted by atomic mass is 9.55. The van der Waals surface area contributed by atoms with Crippen molar-refractivity contribution in [1.29, 1.82) is 0 Å². The van der Waals surface area contributed by atoms with Crippen LogP contribution in [0.15, 0.2) is 113 Å². The summed E-state index contributed by atoms with van der Waals surface area (Å²) in [6.07, 6.45) is 9.41. The van der Waals surface area contributed by atoms with Crippen molar-refractivity contribution < 1.29 is 38.8 Å². The second kappa shape index (κ2) is 21.6. The Morgan fingerprint density at radius 3 is 2.47 bits per heavy atom. The smallest absolute Gasteiger partial charge is 0.409 e. The number of aliphatic hydroxyl groups is 2. The molecule has 58 heavy (non-hydrogen) atoms. The van der Waals surface area contributed by atoms with Gasteiger partial charge < -0.3 is 34.0 Å². The molecule has 312 valence electrons. The molecule has 0 aromatic heterocycles. The number of rotatable bonds is 22. The second-order valence-electron chi connectivity index (χ2n) is 15.2. The fourth-order valence-corrected chi connectivity index (χ4v) is 9.82. The predicted octanol–water partition coefficient (Wildman–Crippen LogP) is 9.17. The maximum atomic E-state index is 13.8. The lowest BCUT2D eigenvalue weighted by molar-refractivity contribution is -0.255. The maximum Gasteiger partial charge on any atom is 0.409 e. The molecule has 1 fully saturated rings. The number of hydrogen-bond acceptors (Lipinski definition) is 10. The SMILES string of the molecule is C=CCOC12Oc3ccc(OCCSc4ccccc4)cc3C3C(CCCCO)C(CCCCO)C=C(C(=NOCc4ccccc4)CC1N(CCC)C(=O)OC)C32. The molecule has 0 spiro atoms. The van der Waals surface area contributed by atoms with Gasteiger partial charge in [0.2, 0.25) is 5.79 Å². The fourth-order valence-electron chi connectivity index (χ4n) is 9.07. The molecule has 6 unspecified atom stereocenters. The first-order chi connectivity index (χ1) is 28.5. The first kappa shape index (κ1) is 43.3. The minimum Gasteiger partial charge on any atom is -0.493 e. The van der Waals surface area contributed by atoms with Crippen LogP contribution in [0, 0.1) is 17.8 Å². The van der Waals surface area contributed by atoms with E-state index in [1.54, 1.807) is 22.7 Å². The number of fused-ring (bicyclic) bond motifs is 2. The topological polar surface area (TPSA) is 119 Å². The van der Waals surface area contributed by atoms with Gasteiger partial charge in [-0.1, -0.05) is 85.6 Å². The first-order valence-electron chi connectivity index (χ1n) is 20.9. The number of amides is 1. The minimum atomic E-state index is -1.33. The van der Waals surface area contributed by atoms with Crippen LogP contribution in [-0.2, 0) is 20.9 Å². The Labute approximate surface area is 348 Å². The van der Waals surface area contributed by atoms with E-state index in [0.717, 1.165) is 59.6 Å². The van der Waals surface area contributed by atoms with Crippen molar-refractivity contribution in [1.82, 2.24) is 4.90 Å². The maximum absolute atomic E-state index is 13.8. The van der Waals surface area contributed by atoms with Crippen LogP contribution in [-0.4, -0.2) is 84.6 Å². The van der Waals surface area contributed by atoms with Gasteiger partial charge in [0, 0.05) is 48.3 Å². The minimum absolute atomic E-state index is 0.111. The number of allylic oxidation sites excluding steroid dienone is 1. The molecule has 10 nitrogen and oxygen atoms in total. The molecule has 1 heterocycles. The average Bonchev–Trinajstić information content (AvgIpc) is 3.25. The normalized spacial score (nSPS) is 23.8. The van der Waals surface area contributed by atoms with Crippen molar-refractivity contribution in [3.05, 3.63) is 114 Å². The van der Waals surface area contributed by atoms with Gasteiger partial charge in [0.15, 0.2) is 0 Å². The van der Waals surface area contributed by atoms with Crippen LogP contribution < -0.4 is 9.47 Å². The lowest BCUT2D eigenvalue weighted by Crippen LogP contribution is -2.70. The molecule has 2 aliphatic carbocycles. The Morgan fingerprint density at radius 1 is 1.02 bits per heavy atom. The van der Waals surface area contributed by atoms with Gasteiger partial charge in [-0.25, -0.2) is 4.79 Å². The summed E-state index contributed by atoms with van der Waals surface area (Å²) >= 11 is 1.75. The molecule has 0 saturated heterocycles. The summed E-state index contributed by atoms with van der Waals surface area (Å²) in [4.78, 5) is 22.9. The van der Waals surface area contributed by atoms with E-state index in [0.29, 0.717) is 44.6 Å². The van der Waals surface area contributed by atoms with E-state index in [1.807, 2.05) is 67.6 Å². The number of aliphatic hydroxyl groups excluding tert-OH is 2. The molecule has 1 saturated carbocycles. The quantitative estimate of drug-likeness (QED) is 0.0443. The van der Waals surface area contributed by atoms with E-state index in [-0.39, 0.29) is 44.2 Å². The highest BCUT2D eigenvalue weighted by Crippen LogP contribution is 2.62. The molecular formula is C47H60N2O8S. The van der Waals surface area contributed by atoms with Crippen LogP contribution in [0.5, 0.6) is 11.5 Å². The number of thioether (sulfide) groups is 1. The molecule has 11 heteroatoms. The lowest BCUT2D eigenvalue weighted by Gasteiger charge is -2.59. The molecule has 3 aliphatic rings. The van der Waals surface area contributed by atoms with Crippen molar-refractivity contribution in [2.24, 2.45) is 22.9 Å². The highest BCUT2D eigenvalue weighted by Gasteiger charge is 2.65. The zero-order valence-electron chi connectivity index (χ0n) is 34.0. The van der Waals surface area contributed by atoms with Gasteiger partial charge in [-0.2, -0.15) is 0 Å². The second-order valence-corrected chi connectivity index (χ2v) is 16.4. The molecule has 1 amide bonds. The number of hydrogen-bond donors (Lipinski definition) is 2. The van der Waals surface area contributed by atoms with E-state index in [2.05, 4.69) is 30.9 Å². The van der Waals surface area contributed by atoms with Crippen molar-refractivity contribution in [3.8, 4) is 11.5 Å². The average molecular weight is 813 g/mol. The van der Waals surface area contributed by atoms with Gasteiger partial charge >= 0.3 is 6.09 Å². The summed E-state index contributed by atoms with van der Waals surface area (Å²) in [6, 6.07) is 25.7. The van der Waals surface area contributed by atoms with Crippen LogP contribution in [0.25, 0.3) is 0 Å². The highest BCUT2D eigenvalue weighted by molar-refractivity contribution is 7.99. The zero-order valence-corrected chi connectivity index (χ0v) is 34.8. The standard InChI is InChI=1S/C47H60N2O8S/c1-4-24-49(46(52)53-3)43-32-41(48-56-33-34-16-8-6-9-17-34)39-30-35(18-12-14-25-50)38(21-13-15-26-51)44-40-31-36(54-28-29-58-37-19-10-7-11-20-37)22-23-42(40)57-47(43,45(39)44)55-27-5-2/h5-11,16-17,19-20,22-23,30-31,35,38,43-45,50-51H,2,4,12-15,18,21,24-29,32-33H2,1,3H3. The van der Waals surface area contributed by atoms with Crippen molar-refractivity contribution in [3.63, 3.8) is 0 Å². The molecule has 3 aromatic carbocycles. The van der Waals surface area contributed by atoms with E-state index in [1.165, 1.54) is 12.0 Å². The number of unbranched alkanes of at least 4 members (excludes halogenated alkanes) is 2. The third-order valence-electron chi connectivity index (χ3n) is 11.5. The Balaban J connectivity index is 1.50. The van der Waals surface area contributed by atoms with Crippen LogP contribution in [0.4, 0.5) is 4.79 Å². The van der Waals surface area contributed by atoms with Crippen LogP contribution in [0.1, 0.15) is 75.3 Å². The third-order valence-corrected chi connectivity index (χ3v) is 12.5.